The van der Waals surface area contributed by atoms with Crippen molar-refractivity contribution in [2.24, 2.45) is 0 Å². The van der Waals surface area contributed by atoms with E-state index >= 15 is 0 Å². The summed E-state index contributed by atoms with van der Waals surface area (Å²) >= 11 is 0. The quantitative estimate of drug-likeness (QED) is 0.445. The molecule has 1 aromatic rings. The van der Waals surface area contributed by atoms with Gasteiger partial charge in [0.15, 0.2) is 11.5 Å². The molecule has 1 rings (SSSR count). The minimum atomic E-state index is -0.309. The third-order valence-electron chi connectivity index (χ3n) is 2.65. The number of carbonyl (C=O) groups is 1. The zero-order valence-corrected chi connectivity index (χ0v) is 10.7. The third kappa shape index (κ3) is 5.08. The largest absolute Gasteiger partial charge is 0.504 e. The predicted octanol–water partition coefficient (Wildman–Crippen LogP) is 2.76. The highest BCUT2D eigenvalue weighted by Crippen LogP contribution is 2.25. The topological polar surface area (TPSA) is 66.8 Å². The Bertz CT molecular complexity index is 387. The summed E-state index contributed by atoms with van der Waals surface area (Å²) in [6, 6.07) is 4.32. The number of hydrogen-bond donors (Lipinski definition) is 2. The molecule has 0 spiro atoms. The van der Waals surface area contributed by atoms with Crippen LogP contribution in [0.15, 0.2) is 18.2 Å². The van der Waals surface area contributed by atoms with Gasteiger partial charge in [-0.1, -0.05) is 32.3 Å². The van der Waals surface area contributed by atoms with Gasteiger partial charge in [0.05, 0.1) is 13.0 Å². The number of ether oxygens (including phenoxy) is 1. The summed E-state index contributed by atoms with van der Waals surface area (Å²) in [6.45, 7) is 2.58. The van der Waals surface area contributed by atoms with Crippen molar-refractivity contribution in [1.82, 2.24) is 0 Å². The van der Waals surface area contributed by atoms with Crippen molar-refractivity contribution in [3.8, 4) is 11.5 Å². The van der Waals surface area contributed by atoms with E-state index in [0.29, 0.717) is 12.2 Å². The molecule has 0 aliphatic rings. The lowest BCUT2D eigenvalue weighted by Gasteiger charge is -2.05. The molecule has 0 radical (unpaired) electrons. The van der Waals surface area contributed by atoms with Crippen molar-refractivity contribution < 1.29 is 19.7 Å². The fourth-order valence-electron chi connectivity index (χ4n) is 1.61. The molecule has 0 atom stereocenters. The molecule has 18 heavy (non-hydrogen) atoms. The van der Waals surface area contributed by atoms with Crippen molar-refractivity contribution in [3.05, 3.63) is 23.8 Å². The number of rotatable bonds is 7. The molecule has 0 fully saturated rings. The second-order valence-corrected chi connectivity index (χ2v) is 4.28. The Hall–Kier alpha value is -1.71. The number of phenolic OH excluding ortho intramolecular Hbond substituents is 2. The number of carbonyl (C=O) groups excluding carboxylic acids is 1. The molecule has 0 heterocycles. The fourth-order valence-corrected chi connectivity index (χ4v) is 1.61. The number of esters is 1. The van der Waals surface area contributed by atoms with Crippen LogP contribution in [0.1, 0.15) is 38.2 Å². The average Bonchev–Trinajstić information content (AvgIpc) is 2.34. The number of aromatic hydroxyl groups is 2. The molecule has 0 saturated carbocycles. The van der Waals surface area contributed by atoms with E-state index in [1.165, 1.54) is 12.1 Å². The first kappa shape index (κ1) is 14.4. The molecular formula is C14H20O4. The maximum Gasteiger partial charge on any atom is 0.310 e. The Morgan fingerprint density at radius 3 is 2.61 bits per heavy atom. The summed E-state index contributed by atoms with van der Waals surface area (Å²) in [6.07, 6.45) is 4.38. The molecule has 4 heteroatoms. The summed E-state index contributed by atoms with van der Waals surface area (Å²) in [5.74, 6) is -0.716. The van der Waals surface area contributed by atoms with Crippen molar-refractivity contribution in [3.63, 3.8) is 0 Å². The second-order valence-electron chi connectivity index (χ2n) is 4.28. The lowest BCUT2D eigenvalue weighted by atomic mass is 10.1. The van der Waals surface area contributed by atoms with Crippen LogP contribution >= 0.6 is 0 Å². The molecular weight excluding hydrogens is 232 g/mol. The molecule has 2 N–H and O–H groups in total. The summed E-state index contributed by atoms with van der Waals surface area (Å²) in [7, 11) is 0. The van der Waals surface area contributed by atoms with Crippen LogP contribution < -0.4 is 0 Å². The van der Waals surface area contributed by atoms with Crippen molar-refractivity contribution in [2.45, 2.75) is 39.0 Å². The molecule has 0 aliphatic carbocycles. The van der Waals surface area contributed by atoms with Gasteiger partial charge in [-0.3, -0.25) is 4.79 Å². The summed E-state index contributed by atoms with van der Waals surface area (Å²) < 4.78 is 5.08. The van der Waals surface area contributed by atoms with Gasteiger partial charge in [0, 0.05) is 0 Å². The van der Waals surface area contributed by atoms with E-state index < -0.39 is 0 Å². The number of unbranched alkanes of at least 4 members (excludes halogenated alkanes) is 3. The van der Waals surface area contributed by atoms with Gasteiger partial charge in [-0.15, -0.1) is 0 Å². The highest BCUT2D eigenvalue weighted by molar-refractivity contribution is 5.72. The molecule has 4 nitrogen and oxygen atoms in total. The SMILES string of the molecule is CCCCCCOC(=O)Cc1ccc(O)c(O)c1. The molecule has 0 aromatic heterocycles. The first-order valence-electron chi connectivity index (χ1n) is 6.30. The zero-order chi connectivity index (χ0) is 13.4. The Labute approximate surface area is 107 Å². The summed E-state index contributed by atoms with van der Waals surface area (Å²) in [5.41, 5.74) is 0.629. The van der Waals surface area contributed by atoms with Gasteiger partial charge in [0.2, 0.25) is 0 Å². The van der Waals surface area contributed by atoms with Crippen LogP contribution in [0.4, 0.5) is 0 Å². The minimum Gasteiger partial charge on any atom is -0.504 e. The van der Waals surface area contributed by atoms with Gasteiger partial charge >= 0.3 is 5.97 Å². The van der Waals surface area contributed by atoms with Gasteiger partial charge in [-0.25, -0.2) is 0 Å². The van der Waals surface area contributed by atoms with E-state index in [1.54, 1.807) is 6.07 Å². The van der Waals surface area contributed by atoms with Gasteiger partial charge in [-0.2, -0.15) is 0 Å². The van der Waals surface area contributed by atoms with E-state index in [-0.39, 0.29) is 23.9 Å². The maximum absolute atomic E-state index is 11.5. The van der Waals surface area contributed by atoms with Crippen LogP contribution in [0.5, 0.6) is 11.5 Å². The molecule has 1 aromatic carbocycles. The summed E-state index contributed by atoms with van der Waals surface area (Å²) in [5, 5.41) is 18.4. The normalized spacial score (nSPS) is 10.3. The molecule has 100 valence electrons. The lowest BCUT2D eigenvalue weighted by molar-refractivity contribution is -0.142. The highest BCUT2D eigenvalue weighted by Gasteiger charge is 2.07. The predicted molar refractivity (Wildman–Crippen MR) is 68.6 cm³/mol. The van der Waals surface area contributed by atoms with Crippen LogP contribution in [0, 0.1) is 0 Å². The minimum absolute atomic E-state index is 0.113. The smallest absolute Gasteiger partial charge is 0.310 e. The molecule has 0 saturated heterocycles. The Kier molecular flexibility index (Phi) is 6.05. The standard InChI is InChI=1S/C14H20O4/c1-2-3-4-5-8-18-14(17)10-11-6-7-12(15)13(16)9-11/h6-7,9,15-16H,2-5,8,10H2,1H3. The van der Waals surface area contributed by atoms with Gasteiger partial charge in [0.25, 0.3) is 0 Å². The Balaban J connectivity index is 2.29. The van der Waals surface area contributed by atoms with Crippen LogP contribution in [0.2, 0.25) is 0 Å². The number of phenols is 2. The molecule has 0 unspecified atom stereocenters. The molecule has 0 aliphatic heterocycles. The first-order valence-corrected chi connectivity index (χ1v) is 6.30. The van der Waals surface area contributed by atoms with Crippen LogP contribution in [0.25, 0.3) is 0 Å². The van der Waals surface area contributed by atoms with E-state index in [0.717, 1.165) is 25.7 Å². The van der Waals surface area contributed by atoms with Crippen LogP contribution in [-0.4, -0.2) is 22.8 Å². The Morgan fingerprint density at radius 1 is 1.17 bits per heavy atom. The van der Waals surface area contributed by atoms with E-state index in [9.17, 15) is 9.90 Å². The highest BCUT2D eigenvalue weighted by atomic mass is 16.5. The van der Waals surface area contributed by atoms with Gasteiger partial charge in [0.1, 0.15) is 0 Å². The fraction of sp³-hybridized carbons (Fsp3) is 0.500. The Morgan fingerprint density at radius 2 is 1.94 bits per heavy atom. The maximum atomic E-state index is 11.5. The van der Waals surface area contributed by atoms with E-state index in [1.807, 2.05) is 0 Å². The summed E-state index contributed by atoms with van der Waals surface area (Å²) in [4.78, 5) is 11.5. The zero-order valence-electron chi connectivity index (χ0n) is 10.7. The molecule has 0 amide bonds. The van der Waals surface area contributed by atoms with E-state index in [4.69, 9.17) is 9.84 Å². The second kappa shape index (κ2) is 7.58. The average molecular weight is 252 g/mol. The van der Waals surface area contributed by atoms with Crippen molar-refractivity contribution in [1.29, 1.82) is 0 Å². The van der Waals surface area contributed by atoms with Crippen molar-refractivity contribution in [2.75, 3.05) is 6.61 Å². The van der Waals surface area contributed by atoms with Crippen LogP contribution in [-0.2, 0) is 16.0 Å². The van der Waals surface area contributed by atoms with Gasteiger partial charge in [-0.05, 0) is 24.1 Å². The van der Waals surface area contributed by atoms with E-state index in [2.05, 4.69) is 6.92 Å². The molecule has 0 bridgehead atoms. The van der Waals surface area contributed by atoms with Crippen LogP contribution in [0.3, 0.4) is 0 Å². The monoisotopic (exact) mass is 252 g/mol. The third-order valence-corrected chi connectivity index (χ3v) is 2.65. The number of benzene rings is 1. The van der Waals surface area contributed by atoms with Crippen molar-refractivity contribution >= 4 is 5.97 Å². The van der Waals surface area contributed by atoms with Gasteiger partial charge < -0.3 is 14.9 Å². The lowest BCUT2D eigenvalue weighted by Crippen LogP contribution is -2.09. The first-order chi connectivity index (χ1) is 8.63. The number of hydrogen-bond acceptors (Lipinski definition) is 4.